The van der Waals surface area contributed by atoms with Crippen LogP contribution >= 0.6 is 11.5 Å². The zero-order valence-corrected chi connectivity index (χ0v) is 7.88. The van der Waals surface area contributed by atoms with E-state index in [1.165, 1.54) is 0 Å². The molecule has 1 aromatic heterocycles. The maximum absolute atomic E-state index is 11.1. The highest BCUT2D eigenvalue weighted by atomic mass is 32.1. The number of carbonyl (C=O) groups is 1. The molecule has 0 saturated heterocycles. The van der Waals surface area contributed by atoms with Crippen LogP contribution in [0.3, 0.4) is 0 Å². The molecule has 1 amide bonds. The quantitative estimate of drug-likeness (QED) is 0.654. The normalized spacial score (nSPS) is 9.92. The smallest absolute Gasteiger partial charge is 0.231 e. The van der Waals surface area contributed by atoms with Crippen LogP contribution in [0.1, 0.15) is 19.3 Å². The molecule has 0 unspecified atom stereocenters. The van der Waals surface area contributed by atoms with E-state index in [4.69, 9.17) is 5.73 Å². The SMILES string of the molecule is NCCCCC(=O)Nc1nnns1. The minimum absolute atomic E-state index is 0.0630. The summed E-state index contributed by atoms with van der Waals surface area (Å²) >= 11 is 1.06. The Morgan fingerprint density at radius 3 is 3.00 bits per heavy atom. The van der Waals surface area contributed by atoms with Crippen LogP contribution < -0.4 is 11.1 Å². The minimum Gasteiger partial charge on any atom is -0.330 e. The summed E-state index contributed by atoms with van der Waals surface area (Å²) in [6.45, 7) is 0.619. The van der Waals surface area contributed by atoms with E-state index >= 15 is 0 Å². The molecule has 0 fully saturated rings. The summed E-state index contributed by atoms with van der Waals surface area (Å²) in [6.07, 6.45) is 2.13. The van der Waals surface area contributed by atoms with E-state index in [1.54, 1.807) is 0 Å². The van der Waals surface area contributed by atoms with E-state index in [0.717, 1.165) is 24.4 Å². The fourth-order valence-electron chi connectivity index (χ4n) is 0.794. The maximum atomic E-state index is 11.1. The summed E-state index contributed by atoms with van der Waals surface area (Å²) in [4.78, 5) is 11.1. The van der Waals surface area contributed by atoms with Crippen molar-refractivity contribution in [2.24, 2.45) is 5.73 Å². The number of amides is 1. The van der Waals surface area contributed by atoms with Gasteiger partial charge < -0.3 is 5.73 Å². The van der Waals surface area contributed by atoms with Gasteiger partial charge in [0.1, 0.15) is 0 Å². The van der Waals surface area contributed by atoms with Crippen LogP contribution in [0.25, 0.3) is 0 Å². The highest BCUT2D eigenvalue weighted by Gasteiger charge is 2.04. The largest absolute Gasteiger partial charge is 0.330 e. The first kappa shape index (κ1) is 10.0. The zero-order chi connectivity index (χ0) is 9.52. The van der Waals surface area contributed by atoms with Crippen molar-refractivity contribution >= 4 is 22.6 Å². The molecule has 1 heterocycles. The summed E-state index contributed by atoms with van der Waals surface area (Å²) in [5.74, 6) is -0.0630. The third-order valence-corrected chi connectivity index (χ3v) is 1.91. The highest BCUT2D eigenvalue weighted by Crippen LogP contribution is 2.05. The van der Waals surface area contributed by atoms with Crippen LogP contribution in [0.5, 0.6) is 0 Å². The molecule has 6 nitrogen and oxygen atoms in total. The van der Waals surface area contributed by atoms with Crippen LogP contribution in [0.4, 0.5) is 5.13 Å². The maximum Gasteiger partial charge on any atom is 0.231 e. The minimum atomic E-state index is -0.0630. The molecular weight excluding hydrogens is 190 g/mol. The predicted molar refractivity (Wildman–Crippen MR) is 49.2 cm³/mol. The molecule has 0 spiro atoms. The van der Waals surface area contributed by atoms with Crippen LogP contribution in [-0.4, -0.2) is 27.3 Å². The molecule has 0 bridgehead atoms. The lowest BCUT2D eigenvalue weighted by molar-refractivity contribution is -0.116. The number of nitrogens with two attached hydrogens (primary N) is 1. The van der Waals surface area contributed by atoms with Gasteiger partial charge in [-0.25, -0.2) is 0 Å². The topological polar surface area (TPSA) is 93.8 Å². The first-order valence-corrected chi connectivity index (χ1v) is 4.75. The number of nitrogens with zero attached hydrogens (tertiary/aromatic N) is 3. The Morgan fingerprint density at radius 1 is 1.54 bits per heavy atom. The van der Waals surface area contributed by atoms with Crippen molar-refractivity contribution in [2.75, 3.05) is 11.9 Å². The molecule has 1 rings (SSSR count). The van der Waals surface area contributed by atoms with Gasteiger partial charge in [0.15, 0.2) is 0 Å². The van der Waals surface area contributed by atoms with Crippen LogP contribution in [0.2, 0.25) is 0 Å². The number of anilines is 1. The Balaban J connectivity index is 2.18. The van der Waals surface area contributed by atoms with E-state index < -0.39 is 0 Å². The molecule has 1 aromatic rings. The fraction of sp³-hybridized carbons (Fsp3) is 0.667. The Hall–Kier alpha value is -1.08. The fourth-order valence-corrected chi connectivity index (χ4v) is 1.18. The molecule has 0 atom stereocenters. The van der Waals surface area contributed by atoms with E-state index in [2.05, 4.69) is 20.1 Å². The molecule has 13 heavy (non-hydrogen) atoms. The lowest BCUT2D eigenvalue weighted by Crippen LogP contribution is -2.11. The van der Waals surface area contributed by atoms with Gasteiger partial charge in [-0.2, -0.15) is 0 Å². The summed E-state index contributed by atoms with van der Waals surface area (Å²) in [5.41, 5.74) is 5.29. The number of hydrogen-bond donors (Lipinski definition) is 2. The standard InChI is InChI=1S/C6H11N5OS/c7-4-2-1-3-5(12)8-6-9-10-11-13-6/h1-4,7H2,(H,8,9,11,12). The van der Waals surface area contributed by atoms with Crippen LogP contribution in [-0.2, 0) is 4.79 Å². The monoisotopic (exact) mass is 201 g/mol. The molecule has 0 saturated carbocycles. The van der Waals surface area contributed by atoms with Gasteiger partial charge in [0.25, 0.3) is 0 Å². The second-order valence-electron chi connectivity index (χ2n) is 2.46. The van der Waals surface area contributed by atoms with Gasteiger partial charge in [0.2, 0.25) is 11.0 Å². The van der Waals surface area contributed by atoms with E-state index in [-0.39, 0.29) is 5.91 Å². The number of hydrogen-bond acceptors (Lipinski definition) is 6. The molecule has 3 N–H and O–H groups in total. The molecule has 0 aliphatic heterocycles. The third-order valence-electron chi connectivity index (χ3n) is 1.40. The Kier molecular flexibility index (Phi) is 4.27. The lowest BCUT2D eigenvalue weighted by atomic mass is 10.2. The molecular formula is C6H11N5OS. The van der Waals surface area contributed by atoms with Crippen LogP contribution in [0, 0.1) is 0 Å². The summed E-state index contributed by atoms with van der Waals surface area (Å²) in [7, 11) is 0. The van der Waals surface area contributed by atoms with Gasteiger partial charge in [0.05, 0.1) is 0 Å². The Morgan fingerprint density at radius 2 is 2.38 bits per heavy atom. The van der Waals surface area contributed by atoms with Gasteiger partial charge in [-0.3, -0.25) is 10.1 Å². The summed E-state index contributed by atoms with van der Waals surface area (Å²) < 4.78 is 3.52. The molecule has 0 aliphatic carbocycles. The van der Waals surface area contributed by atoms with E-state index in [9.17, 15) is 4.79 Å². The van der Waals surface area contributed by atoms with Gasteiger partial charge in [-0.05, 0) is 24.6 Å². The van der Waals surface area contributed by atoms with Crippen LogP contribution in [0.15, 0.2) is 0 Å². The highest BCUT2D eigenvalue weighted by molar-refractivity contribution is 7.09. The lowest BCUT2D eigenvalue weighted by Gasteiger charge is -1.98. The van der Waals surface area contributed by atoms with E-state index in [1.807, 2.05) is 0 Å². The molecule has 0 radical (unpaired) electrons. The third kappa shape index (κ3) is 3.90. The molecule has 7 heteroatoms. The second-order valence-corrected chi connectivity index (χ2v) is 3.19. The average molecular weight is 201 g/mol. The Bertz CT molecular complexity index is 250. The second kappa shape index (κ2) is 5.55. The first-order valence-electron chi connectivity index (χ1n) is 3.98. The predicted octanol–water partition coefficient (Wildman–Crippen LogP) is 0.000600. The number of aromatic nitrogens is 3. The van der Waals surface area contributed by atoms with Gasteiger partial charge >= 0.3 is 0 Å². The average Bonchev–Trinajstić information content (AvgIpc) is 2.57. The number of unbranched alkanes of at least 4 members (excludes halogenated alkanes) is 1. The number of rotatable bonds is 5. The van der Waals surface area contributed by atoms with E-state index in [0.29, 0.717) is 18.1 Å². The van der Waals surface area contributed by atoms with Crippen molar-refractivity contribution in [3.05, 3.63) is 0 Å². The van der Waals surface area contributed by atoms with Crippen molar-refractivity contribution < 1.29 is 4.79 Å². The number of carbonyl (C=O) groups excluding carboxylic acids is 1. The summed E-state index contributed by atoms with van der Waals surface area (Å²) in [6, 6.07) is 0. The zero-order valence-electron chi connectivity index (χ0n) is 7.06. The van der Waals surface area contributed by atoms with Crippen molar-refractivity contribution in [3.8, 4) is 0 Å². The van der Waals surface area contributed by atoms with Crippen molar-refractivity contribution in [1.29, 1.82) is 0 Å². The van der Waals surface area contributed by atoms with Crippen molar-refractivity contribution in [2.45, 2.75) is 19.3 Å². The Labute approximate surface area is 79.7 Å². The molecule has 72 valence electrons. The van der Waals surface area contributed by atoms with Gasteiger partial charge in [0, 0.05) is 18.0 Å². The van der Waals surface area contributed by atoms with Crippen molar-refractivity contribution in [1.82, 2.24) is 14.8 Å². The summed E-state index contributed by atoms with van der Waals surface area (Å²) in [5, 5.41) is 9.97. The first-order chi connectivity index (χ1) is 6.33. The van der Waals surface area contributed by atoms with Crippen molar-refractivity contribution in [3.63, 3.8) is 0 Å². The molecule has 0 aliphatic rings. The number of nitrogens with one attached hydrogen (secondary N) is 1. The molecule has 0 aromatic carbocycles. The van der Waals surface area contributed by atoms with Gasteiger partial charge in [-0.15, -0.1) is 0 Å². The van der Waals surface area contributed by atoms with Gasteiger partial charge in [-0.1, -0.05) is 9.59 Å².